The highest BCUT2D eigenvalue weighted by Crippen LogP contribution is 2.49. The van der Waals surface area contributed by atoms with Crippen molar-refractivity contribution in [2.24, 2.45) is 0 Å². The molecule has 2 nitrogen and oxygen atoms in total. The Hall–Kier alpha value is -1.87. The molecule has 0 radical (unpaired) electrons. The van der Waals surface area contributed by atoms with Gasteiger partial charge in [0, 0.05) is 38.6 Å². The molecule has 2 heterocycles. The van der Waals surface area contributed by atoms with E-state index < -0.39 is 0 Å². The number of para-hydroxylation sites is 1. The van der Waals surface area contributed by atoms with Crippen LogP contribution in [-0.4, -0.2) is 16.8 Å². The van der Waals surface area contributed by atoms with Crippen LogP contribution in [0.1, 0.15) is 38.3 Å². The van der Waals surface area contributed by atoms with E-state index >= 15 is 0 Å². The van der Waals surface area contributed by atoms with Gasteiger partial charge < -0.3 is 10.3 Å². The molecule has 4 rings (SSSR count). The molecule has 0 spiro atoms. The minimum absolute atomic E-state index is 0.0133. The van der Waals surface area contributed by atoms with E-state index in [0.717, 1.165) is 6.42 Å². The monoisotopic (exact) mass is 336 g/mol. The normalized spacial score (nSPS) is 22.2. The lowest BCUT2D eigenvalue weighted by molar-refractivity contribution is 0.380. The second-order valence-electron chi connectivity index (χ2n) is 7.68. The number of aromatic nitrogens is 1. The molecular formula is C21H24N2S. The highest BCUT2D eigenvalue weighted by Gasteiger charge is 2.42. The molecule has 0 aliphatic carbocycles. The fourth-order valence-corrected chi connectivity index (χ4v) is 4.83. The standard InChI is InChI=1S/C21H24N2S/c1-20(2)13-21(3,16-10-9-14(24-4)11-19(16)23-20)17-12-22-18-8-6-5-7-15(17)18/h5-12,22-23H,13H2,1-4H3/t21-/m0/s1. The molecule has 1 aromatic heterocycles. The number of anilines is 1. The minimum Gasteiger partial charge on any atom is -0.380 e. The zero-order valence-electron chi connectivity index (χ0n) is 14.7. The van der Waals surface area contributed by atoms with Crippen molar-refractivity contribution >= 4 is 28.4 Å². The van der Waals surface area contributed by atoms with Crippen LogP contribution in [0.25, 0.3) is 10.9 Å². The third kappa shape index (κ3) is 2.34. The van der Waals surface area contributed by atoms with E-state index in [1.807, 2.05) is 0 Å². The summed E-state index contributed by atoms with van der Waals surface area (Å²) in [7, 11) is 0. The molecule has 0 amide bonds. The van der Waals surface area contributed by atoms with Gasteiger partial charge in [-0.25, -0.2) is 0 Å². The summed E-state index contributed by atoms with van der Waals surface area (Å²) in [6.45, 7) is 6.99. The maximum atomic E-state index is 3.75. The molecule has 0 fully saturated rings. The number of thioether (sulfide) groups is 1. The van der Waals surface area contributed by atoms with Gasteiger partial charge in [0.2, 0.25) is 0 Å². The van der Waals surface area contributed by atoms with E-state index in [2.05, 4.69) is 86.0 Å². The van der Waals surface area contributed by atoms with E-state index in [4.69, 9.17) is 0 Å². The summed E-state index contributed by atoms with van der Waals surface area (Å²) in [4.78, 5) is 4.77. The molecule has 3 heteroatoms. The fourth-order valence-electron chi connectivity index (χ4n) is 4.39. The number of H-pyrrole nitrogens is 1. The average molecular weight is 337 g/mol. The third-order valence-corrected chi connectivity index (χ3v) is 6.00. The fraction of sp³-hybridized carbons (Fsp3) is 0.333. The van der Waals surface area contributed by atoms with Gasteiger partial charge in [0.15, 0.2) is 0 Å². The van der Waals surface area contributed by atoms with Gasteiger partial charge in [-0.2, -0.15) is 0 Å². The first-order valence-electron chi connectivity index (χ1n) is 8.46. The van der Waals surface area contributed by atoms with Crippen LogP contribution in [0.3, 0.4) is 0 Å². The van der Waals surface area contributed by atoms with Gasteiger partial charge in [-0.15, -0.1) is 11.8 Å². The van der Waals surface area contributed by atoms with E-state index in [0.29, 0.717) is 0 Å². The second-order valence-corrected chi connectivity index (χ2v) is 8.56. The first-order valence-corrected chi connectivity index (χ1v) is 9.69. The van der Waals surface area contributed by atoms with Crippen molar-refractivity contribution < 1.29 is 0 Å². The van der Waals surface area contributed by atoms with E-state index in [9.17, 15) is 0 Å². The Morgan fingerprint density at radius 1 is 1.00 bits per heavy atom. The number of rotatable bonds is 2. The highest BCUT2D eigenvalue weighted by atomic mass is 32.2. The van der Waals surface area contributed by atoms with Crippen LogP contribution in [0.2, 0.25) is 0 Å². The lowest BCUT2D eigenvalue weighted by Gasteiger charge is -2.45. The molecule has 24 heavy (non-hydrogen) atoms. The third-order valence-electron chi connectivity index (χ3n) is 5.27. The smallest absolute Gasteiger partial charge is 0.0457 e. The van der Waals surface area contributed by atoms with Crippen molar-refractivity contribution in [3.05, 3.63) is 59.8 Å². The van der Waals surface area contributed by atoms with Crippen molar-refractivity contribution in [1.82, 2.24) is 4.98 Å². The summed E-state index contributed by atoms with van der Waals surface area (Å²) in [6, 6.07) is 15.5. The molecular weight excluding hydrogens is 312 g/mol. The van der Waals surface area contributed by atoms with Crippen LogP contribution in [-0.2, 0) is 5.41 Å². The second kappa shape index (κ2) is 5.32. The largest absolute Gasteiger partial charge is 0.380 e. The summed E-state index contributed by atoms with van der Waals surface area (Å²) in [5.74, 6) is 0. The van der Waals surface area contributed by atoms with Crippen LogP contribution in [0, 0.1) is 0 Å². The topological polar surface area (TPSA) is 27.8 Å². The Bertz CT molecular complexity index is 909. The van der Waals surface area contributed by atoms with Gasteiger partial charge in [-0.05, 0) is 55.9 Å². The zero-order valence-corrected chi connectivity index (χ0v) is 15.6. The van der Waals surface area contributed by atoms with Crippen molar-refractivity contribution in [3.63, 3.8) is 0 Å². The van der Waals surface area contributed by atoms with Gasteiger partial charge in [-0.3, -0.25) is 0 Å². The van der Waals surface area contributed by atoms with Crippen molar-refractivity contribution in [1.29, 1.82) is 0 Å². The Balaban J connectivity index is 1.97. The number of nitrogens with one attached hydrogen (secondary N) is 2. The molecule has 0 bridgehead atoms. The van der Waals surface area contributed by atoms with Crippen LogP contribution >= 0.6 is 11.8 Å². The predicted molar refractivity (Wildman–Crippen MR) is 105 cm³/mol. The number of hydrogen-bond acceptors (Lipinski definition) is 2. The molecule has 1 atom stereocenters. The average Bonchev–Trinajstić information content (AvgIpc) is 2.97. The molecule has 0 saturated heterocycles. The maximum Gasteiger partial charge on any atom is 0.0457 e. The van der Waals surface area contributed by atoms with Gasteiger partial charge in [-0.1, -0.05) is 31.2 Å². The Morgan fingerprint density at radius 2 is 1.79 bits per heavy atom. The Labute approximate surface area is 148 Å². The molecule has 0 saturated carbocycles. The van der Waals surface area contributed by atoms with Crippen LogP contribution in [0.4, 0.5) is 5.69 Å². The van der Waals surface area contributed by atoms with Crippen LogP contribution in [0.15, 0.2) is 53.6 Å². The van der Waals surface area contributed by atoms with Gasteiger partial charge in [0.1, 0.15) is 0 Å². The van der Waals surface area contributed by atoms with E-state index in [-0.39, 0.29) is 11.0 Å². The molecule has 2 N–H and O–H groups in total. The van der Waals surface area contributed by atoms with Gasteiger partial charge in [0.05, 0.1) is 0 Å². The summed E-state index contributed by atoms with van der Waals surface area (Å²) in [6.07, 6.45) is 5.40. The molecule has 1 aliphatic heterocycles. The molecule has 0 unspecified atom stereocenters. The maximum absolute atomic E-state index is 3.75. The Kier molecular flexibility index (Phi) is 3.47. The quantitative estimate of drug-likeness (QED) is 0.580. The predicted octanol–water partition coefficient (Wildman–Crippen LogP) is 5.79. The summed E-state index contributed by atoms with van der Waals surface area (Å²) in [5, 5.41) is 5.08. The molecule has 124 valence electrons. The van der Waals surface area contributed by atoms with E-state index in [1.54, 1.807) is 11.8 Å². The van der Waals surface area contributed by atoms with Crippen LogP contribution < -0.4 is 5.32 Å². The highest BCUT2D eigenvalue weighted by molar-refractivity contribution is 7.98. The lowest BCUT2D eigenvalue weighted by atomic mass is 9.66. The van der Waals surface area contributed by atoms with Gasteiger partial charge >= 0.3 is 0 Å². The number of fused-ring (bicyclic) bond motifs is 2. The van der Waals surface area contributed by atoms with E-state index in [1.165, 1.54) is 32.6 Å². The minimum atomic E-state index is -0.0133. The lowest BCUT2D eigenvalue weighted by Crippen LogP contribution is -2.45. The molecule has 3 aromatic rings. The first kappa shape index (κ1) is 15.6. The number of hydrogen-bond donors (Lipinski definition) is 2. The molecule has 2 aromatic carbocycles. The number of benzene rings is 2. The van der Waals surface area contributed by atoms with Crippen molar-refractivity contribution in [2.75, 3.05) is 11.6 Å². The Morgan fingerprint density at radius 3 is 2.58 bits per heavy atom. The van der Waals surface area contributed by atoms with Crippen molar-refractivity contribution in [3.8, 4) is 0 Å². The first-order chi connectivity index (χ1) is 11.4. The summed E-state index contributed by atoms with van der Waals surface area (Å²) in [5.41, 5.74) is 5.31. The SMILES string of the molecule is CSc1ccc2c(c1)NC(C)(C)C[C@]2(C)c1c[nH]c2ccccc12. The zero-order chi connectivity index (χ0) is 16.9. The summed E-state index contributed by atoms with van der Waals surface area (Å²) < 4.78 is 0. The number of aromatic amines is 1. The van der Waals surface area contributed by atoms with Crippen LogP contribution in [0.5, 0.6) is 0 Å². The summed E-state index contributed by atoms with van der Waals surface area (Å²) >= 11 is 1.80. The van der Waals surface area contributed by atoms with Crippen molar-refractivity contribution in [2.45, 2.75) is 43.0 Å². The van der Waals surface area contributed by atoms with Gasteiger partial charge in [0.25, 0.3) is 0 Å². The molecule has 1 aliphatic rings.